The highest BCUT2D eigenvalue weighted by molar-refractivity contribution is 8.38. The van der Waals surface area contributed by atoms with Gasteiger partial charge in [0.25, 0.3) is 0 Å². The first-order valence-corrected chi connectivity index (χ1v) is 9.21. The van der Waals surface area contributed by atoms with Gasteiger partial charge < -0.3 is 4.90 Å². The van der Waals surface area contributed by atoms with Crippen LogP contribution in [0.5, 0.6) is 0 Å². The highest BCUT2D eigenvalue weighted by Gasteiger charge is 2.18. The minimum Gasteiger partial charge on any atom is -0.358 e. The molecule has 2 aromatic rings. The molecule has 0 heterocycles. The van der Waals surface area contributed by atoms with E-state index < -0.39 is 0 Å². The molecule has 2 nitrogen and oxygen atoms in total. The molecule has 0 aromatic heterocycles. The Hall–Kier alpha value is -1.43. The lowest BCUT2D eigenvalue weighted by molar-refractivity contribution is 0.482. The average molecular weight is 361 g/mol. The minimum atomic E-state index is 0.735. The quantitative estimate of drug-likeness (QED) is 0.665. The van der Waals surface area contributed by atoms with Crippen molar-refractivity contribution in [2.45, 2.75) is 13.8 Å². The van der Waals surface area contributed by atoms with Crippen molar-refractivity contribution in [3.63, 3.8) is 0 Å². The smallest absolute Gasteiger partial charge is 0.152 e. The normalized spacial score (nSPS) is 10.2. The molecule has 0 atom stereocenters. The molecular formula is C18H20N2S3. The summed E-state index contributed by atoms with van der Waals surface area (Å²) in [5, 5.41) is 0. The number of hydrogen-bond donors (Lipinski definition) is 0. The van der Waals surface area contributed by atoms with E-state index in [0.717, 1.165) is 33.1 Å². The first kappa shape index (κ1) is 17.9. The molecule has 2 aromatic carbocycles. The molecular weight excluding hydrogens is 340 g/mol. The first-order valence-electron chi connectivity index (χ1n) is 7.58. The lowest BCUT2D eigenvalue weighted by Gasteiger charge is -2.27. The summed E-state index contributed by atoms with van der Waals surface area (Å²) in [5.41, 5.74) is 2.08. The fraction of sp³-hybridized carbons (Fsp3) is 0.222. The van der Waals surface area contributed by atoms with E-state index in [2.05, 4.69) is 47.9 Å². The van der Waals surface area contributed by atoms with Crippen LogP contribution >= 0.6 is 36.2 Å². The molecule has 120 valence electrons. The third-order valence-electron chi connectivity index (χ3n) is 3.41. The highest BCUT2D eigenvalue weighted by Crippen LogP contribution is 2.30. The molecule has 0 aliphatic carbocycles. The van der Waals surface area contributed by atoms with Crippen molar-refractivity contribution in [3.8, 4) is 0 Å². The van der Waals surface area contributed by atoms with E-state index in [1.807, 2.05) is 36.4 Å². The Kier molecular flexibility index (Phi) is 7.02. The Labute approximate surface area is 153 Å². The van der Waals surface area contributed by atoms with E-state index in [-0.39, 0.29) is 0 Å². The molecule has 0 unspecified atom stereocenters. The molecule has 0 saturated carbocycles. The summed E-state index contributed by atoms with van der Waals surface area (Å²) in [6.07, 6.45) is 0. The average Bonchev–Trinajstić information content (AvgIpc) is 2.58. The topological polar surface area (TPSA) is 6.48 Å². The summed E-state index contributed by atoms with van der Waals surface area (Å²) in [4.78, 5) is 4.20. The number of thioether (sulfide) groups is 1. The van der Waals surface area contributed by atoms with E-state index in [1.165, 1.54) is 11.8 Å². The molecule has 0 saturated heterocycles. The highest BCUT2D eigenvalue weighted by atomic mass is 32.2. The summed E-state index contributed by atoms with van der Waals surface area (Å²) in [7, 11) is 0. The predicted molar refractivity (Wildman–Crippen MR) is 111 cm³/mol. The van der Waals surface area contributed by atoms with Crippen LogP contribution in [0.4, 0.5) is 11.4 Å². The van der Waals surface area contributed by atoms with Crippen molar-refractivity contribution in [2.24, 2.45) is 0 Å². The molecule has 5 heteroatoms. The summed E-state index contributed by atoms with van der Waals surface area (Å²) in [6.45, 7) is 5.99. The fourth-order valence-corrected chi connectivity index (χ4v) is 4.12. The van der Waals surface area contributed by atoms with Crippen molar-refractivity contribution in [2.75, 3.05) is 18.0 Å². The number of thiocarbonyl (C=S) groups is 2. The molecule has 0 aliphatic rings. The molecule has 0 fully saturated rings. The van der Waals surface area contributed by atoms with Gasteiger partial charge in [-0.25, -0.2) is 0 Å². The van der Waals surface area contributed by atoms with Crippen LogP contribution in [0.2, 0.25) is 0 Å². The van der Waals surface area contributed by atoms with Crippen molar-refractivity contribution < 1.29 is 0 Å². The Morgan fingerprint density at radius 2 is 1.22 bits per heavy atom. The van der Waals surface area contributed by atoms with E-state index in [1.54, 1.807) is 0 Å². The second-order valence-corrected chi connectivity index (χ2v) is 7.08. The van der Waals surface area contributed by atoms with Gasteiger partial charge in [-0.1, -0.05) is 60.8 Å². The zero-order valence-corrected chi connectivity index (χ0v) is 15.8. The predicted octanol–water partition coefficient (Wildman–Crippen LogP) is 5.47. The minimum absolute atomic E-state index is 0.735. The summed E-state index contributed by atoms with van der Waals surface area (Å²) in [6, 6.07) is 20.3. The molecule has 0 spiro atoms. The fourth-order valence-electron chi connectivity index (χ4n) is 2.18. The van der Waals surface area contributed by atoms with Crippen molar-refractivity contribution in [3.05, 3.63) is 60.7 Å². The second kappa shape index (κ2) is 9.01. The SMILES string of the molecule is CCN(CC)C(=S)SC(=S)N(c1ccccc1)c1ccccc1. The third kappa shape index (κ3) is 4.77. The van der Waals surface area contributed by atoms with Gasteiger partial charge in [0, 0.05) is 24.5 Å². The van der Waals surface area contributed by atoms with Crippen LogP contribution in [0, 0.1) is 0 Å². The Balaban J connectivity index is 2.28. The van der Waals surface area contributed by atoms with Gasteiger partial charge in [0.15, 0.2) is 4.32 Å². The van der Waals surface area contributed by atoms with Gasteiger partial charge >= 0.3 is 0 Å². The largest absolute Gasteiger partial charge is 0.358 e. The molecule has 0 radical (unpaired) electrons. The second-order valence-electron chi connectivity index (χ2n) is 4.81. The van der Waals surface area contributed by atoms with Crippen molar-refractivity contribution in [1.82, 2.24) is 4.90 Å². The van der Waals surface area contributed by atoms with Crippen molar-refractivity contribution in [1.29, 1.82) is 0 Å². The number of anilines is 2. The van der Waals surface area contributed by atoms with Crippen LogP contribution in [0.1, 0.15) is 13.8 Å². The zero-order chi connectivity index (χ0) is 16.7. The number of rotatable bonds is 4. The van der Waals surface area contributed by atoms with E-state index in [0.29, 0.717) is 0 Å². The van der Waals surface area contributed by atoms with E-state index >= 15 is 0 Å². The summed E-state index contributed by atoms with van der Waals surface area (Å²) >= 11 is 12.7. The van der Waals surface area contributed by atoms with E-state index in [4.69, 9.17) is 24.4 Å². The lowest BCUT2D eigenvalue weighted by Crippen LogP contribution is -2.30. The molecule has 0 N–H and O–H groups in total. The number of nitrogens with zero attached hydrogens (tertiary/aromatic N) is 2. The third-order valence-corrected chi connectivity index (χ3v) is 5.14. The molecule has 2 rings (SSSR count). The summed E-state index contributed by atoms with van der Waals surface area (Å²) < 4.78 is 1.55. The van der Waals surface area contributed by atoms with Crippen LogP contribution in [0.15, 0.2) is 60.7 Å². The monoisotopic (exact) mass is 360 g/mol. The van der Waals surface area contributed by atoms with Gasteiger partial charge in [0.2, 0.25) is 0 Å². The maximum Gasteiger partial charge on any atom is 0.152 e. The molecule has 0 amide bonds. The number of para-hydroxylation sites is 2. The lowest BCUT2D eigenvalue weighted by atomic mass is 10.2. The van der Waals surface area contributed by atoms with Gasteiger partial charge in [-0.05, 0) is 49.9 Å². The molecule has 23 heavy (non-hydrogen) atoms. The standard InChI is InChI=1S/C18H20N2S3/c1-3-19(4-2)17(21)23-18(22)20(15-11-7-5-8-12-15)16-13-9-6-10-14-16/h5-14H,3-4H2,1-2H3. The first-order chi connectivity index (χ1) is 11.2. The van der Waals surface area contributed by atoms with Crippen LogP contribution in [0.25, 0.3) is 0 Å². The Bertz CT molecular complexity index is 600. The van der Waals surface area contributed by atoms with Crippen molar-refractivity contribution >= 4 is 56.2 Å². The zero-order valence-electron chi connectivity index (χ0n) is 13.3. The summed E-state index contributed by atoms with van der Waals surface area (Å²) in [5.74, 6) is 0. The van der Waals surface area contributed by atoms with Gasteiger partial charge in [-0.2, -0.15) is 0 Å². The maximum absolute atomic E-state index is 5.71. The van der Waals surface area contributed by atoms with Crippen LogP contribution in [-0.4, -0.2) is 26.6 Å². The molecule has 0 aliphatic heterocycles. The van der Waals surface area contributed by atoms with Crippen LogP contribution in [-0.2, 0) is 0 Å². The van der Waals surface area contributed by atoms with E-state index in [9.17, 15) is 0 Å². The van der Waals surface area contributed by atoms with Gasteiger partial charge in [-0.15, -0.1) is 0 Å². The Morgan fingerprint density at radius 1 is 0.783 bits per heavy atom. The van der Waals surface area contributed by atoms with Crippen LogP contribution < -0.4 is 4.90 Å². The van der Waals surface area contributed by atoms with Crippen LogP contribution in [0.3, 0.4) is 0 Å². The number of hydrogen-bond acceptors (Lipinski definition) is 3. The van der Waals surface area contributed by atoms with Gasteiger partial charge in [0.1, 0.15) is 4.32 Å². The molecule has 0 bridgehead atoms. The van der Waals surface area contributed by atoms with Gasteiger partial charge in [-0.3, -0.25) is 4.90 Å². The Morgan fingerprint density at radius 3 is 1.61 bits per heavy atom. The maximum atomic E-state index is 5.71. The van der Waals surface area contributed by atoms with Gasteiger partial charge in [0.05, 0.1) is 0 Å². The number of benzene rings is 2.